The first kappa shape index (κ1) is 27.6. The molecule has 0 saturated heterocycles. The van der Waals surface area contributed by atoms with Gasteiger partial charge in [0.05, 0.1) is 17.5 Å². The van der Waals surface area contributed by atoms with Crippen molar-refractivity contribution in [2.45, 2.75) is 83.1 Å². The normalized spacial score (nSPS) is 17.5. The van der Waals surface area contributed by atoms with E-state index in [1.807, 2.05) is 18.2 Å². The van der Waals surface area contributed by atoms with Crippen molar-refractivity contribution in [2.75, 3.05) is 0 Å². The summed E-state index contributed by atoms with van der Waals surface area (Å²) in [5.41, 5.74) is 5.08. The van der Waals surface area contributed by atoms with Crippen molar-refractivity contribution >= 4 is 9.84 Å². The molecule has 5 heteroatoms. The molecule has 1 heterocycles. The van der Waals surface area contributed by atoms with Crippen LogP contribution in [0.5, 0.6) is 0 Å². The van der Waals surface area contributed by atoms with Crippen molar-refractivity contribution in [1.29, 1.82) is 0 Å². The molecule has 4 nitrogen and oxygen atoms in total. The highest BCUT2D eigenvalue weighted by atomic mass is 32.2. The molecule has 0 spiro atoms. The Balaban J connectivity index is 1.74. The van der Waals surface area contributed by atoms with Gasteiger partial charge in [0.1, 0.15) is 6.10 Å². The van der Waals surface area contributed by atoms with Crippen molar-refractivity contribution in [3.63, 3.8) is 0 Å². The van der Waals surface area contributed by atoms with Gasteiger partial charge in [-0.15, -0.1) is 0 Å². The van der Waals surface area contributed by atoms with Gasteiger partial charge in [0, 0.05) is 5.54 Å². The fourth-order valence-electron chi connectivity index (χ4n) is 5.34. The summed E-state index contributed by atoms with van der Waals surface area (Å²) in [6, 6.07) is 27.3. The van der Waals surface area contributed by atoms with E-state index in [-0.39, 0.29) is 35.1 Å². The molecule has 198 valence electrons. The Morgan fingerprint density at radius 2 is 1.35 bits per heavy atom. The molecule has 3 aromatic carbocycles. The topological polar surface area (TPSA) is 46.6 Å². The smallest absolute Gasteiger partial charge is 0.158 e. The van der Waals surface area contributed by atoms with E-state index in [1.165, 1.54) is 11.1 Å². The first-order chi connectivity index (χ1) is 17.4. The lowest BCUT2D eigenvalue weighted by atomic mass is 9.90. The fourth-order valence-corrected chi connectivity index (χ4v) is 6.94. The van der Waals surface area contributed by atoms with E-state index in [1.54, 1.807) is 0 Å². The quantitative estimate of drug-likeness (QED) is 0.271. The first-order valence-corrected chi connectivity index (χ1v) is 15.1. The number of hydroxylamine groups is 2. The largest absolute Gasteiger partial charge is 0.290 e. The average molecular weight is 520 g/mol. The number of nitrogens with zero attached hydrogens (tertiary/aromatic N) is 1. The van der Waals surface area contributed by atoms with Crippen molar-refractivity contribution in [3.05, 3.63) is 107 Å². The Labute approximate surface area is 223 Å². The number of benzene rings is 3. The van der Waals surface area contributed by atoms with Gasteiger partial charge in [-0.1, -0.05) is 99.6 Å². The number of rotatable bonds is 9. The molecule has 3 aromatic rings. The molecule has 3 unspecified atom stereocenters. The maximum absolute atomic E-state index is 12.3. The predicted molar refractivity (Wildman–Crippen MR) is 152 cm³/mol. The summed E-state index contributed by atoms with van der Waals surface area (Å²) in [4.78, 5) is 7.07. The molecule has 0 amide bonds. The summed E-state index contributed by atoms with van der Waals surface area (Å²) in [7, 11) is -3.07. The van der Waals surface area contributed by atoms with Crippen molar-refractivity contribution in [3.8, 4) is 0 Å². The van der Waals surface area contributed by atoms with Gasteiger partial charge >= 0.3 is 0 Å². The lowest BCUT2D eigenvalue weighted by Gasteiger charge is -2.44. The molecule has 0 aromatic heterocycles. The van der Waals surface area contributed by atoms with Gasteiger partial charge in [0.15, 0.2) is 9.84 Å². The van der Waals surface area contributed by atoms with Gasteiger partial charge in [-0.3, -0.25) is 4.84 Å². The van der Waals surface area contributed by atoms with Crippen LogP contribution in [-0.2, 0) is 26.2 Å². The predicted octanol–water partition coefficient (Wildman–Crippen LogP) is 7.78. The highest BCUT2D eigenvalue weighted by Crippen LogP contribution is 2.40. The highest BCUT2D eigenvalue weighted by molar-refractivity contribution is 7.90. The van der Waals surface area contributed by atoms with Crippen LogP contribution in [0.25, 0.3) is 0 Å². The molecule has 0 bridgehead atoms. The summed E-state index contributed by atoms with van der Waals surface area (Å²) in [5, 5.41) is 2.18. The summed E-state index contributed by atoms with van der Waals surface area (Å²) in [5.74, 6) is 0.823. The molecule has 0 N–H and O–H groups in total. The van der Waals surface area contributed by atoms with Crippen LogP contribution in [0.2, 0.25) is 0 Å². The van der Waals surface area contributed by atoms with E-state index in [0.29, 0.717) is 5.92 Å². The average Bonchev–Trinajstić information content (AvgIpc) is 3.16. The zero-order valence-electron chi connectivity index (χ0n) is 23.0. The number of sulfone groups is 1. The minimum atomic E-state index is -3.07. The molecule has 37 heavy (non-hydrogen) atoms. The summed E-state index contributed by atoms with van der Waals surface area (Å²) < 4.78 is 24.6. The lowest BCUT2D eigenvalue weighted by Crippen LogP contribution is -2.46. The Bertz CT molecular complexity index is 1280. The maximum atomic E-state index is 12.3. The summed E-state index contributed by atoms with van der Waals surface area (Å²) in [6.45, 7) is 13.3. The molecular weight excluding hydrogens is 478 g/mol. The van der Waals surface area contributed by atoms with E-state index in [9.17, 15) is 8.42 Å². The lowest BCUT2D eigenvalue weighted by molar-refractivity contribution is -0.278. The van der Waals surface area contributed by atoms with Crippen LogP contribution < -0.4 is 0 Å². The molecule has 0 radical (unpaired) electrons. The second-order valence-electron chi connectivity index (χ2n) is 11.8. The summed E-state index contributed by atoms with van der Waals surface area (Å²) in [6.07, 6.45) is 0.551. The zero-order chi connectivity index (χ0) is 26.8. The van der Waals surface area contributed by atoms with E-state index >= 15 is 0 Å². The number of hydrogen-bond acceptors (Lipinski definition) is 4. The zero-order valence-corrected chi connectivity index (χ0v) is 23.8. The van der Waals surface area contributed by atoms with Crippen molar-refractivity contribution < 1.29 is 13.3 Å². The third-order valence-corrected chi connectivity index (χ3v) is 8.72. The SMILES string of the molecule is CC(CC(ON(C(c1ccccc1)C(C)C)C(C)(C)C)c1ccc2c(c1)CS(=O)(=O)C2)c1ccccc1. The number of fused-ring (bicyclic) bond motifs is 1. The van der Waals surface area contributed by atoms with Gasteiger partial charge in [0.25, 0.3) is 0 Å². The van der Waals surface area contributed by atoms with Crippen LogP contribution in [0.4, 0.5) is 0 Å². The van der Waals surface area contributed by atoms with Gasteiger partial charge < -0.3 is 0 Å². The van der Waals surface area contributed by atoms with Crippen LogP contribution in [0.3, 0.4) is 0 Å². The van der Waals surface area contributed by atoms with Crippen molar-refractivity contribution in [2.24, 2.45) is 5.92 Å². The van der Waals surface area contributed by atoms with Crippen LogP contribution in [0.1, 0.15) is 93.8 Å². The Morgan fingerprint density at radius 3 is 1.92 bits per heavy atom. The molecule has 0 aliphatic carbocycles. The minimum Gasteiger partial charge on any atom is -0.290 e. The van der Waals surface area contributed by atoms with E-state index in [4.69, 9.17) is 4.84 Å². The standard InChI is InChI=1S/C32H41NO3S/c1-23(2)31(26-15-11-8-12-16-26)33(32(4,5)6)36-30(19-24(3)25-13-9-7-10-14-25)27-17-18-28-21-37(34,35)22-29(28)20-27/h7-18,20,23-24,30-31H,19,21-22H2,1-6H3. The second-order valence-corrected chi connectivity index (χ2v) is 13.9. The van der Waals surface area contributed by atoms with Gasteiger partial charge in [-0.2, -0.15) is 5.06 Å². The first-order valence-electron chi connectivity index (χ1n) is 13.3. The molecule has 0 saturated carbocycles. The molecular formula is C32H41NO3S. The molecule has 1 aliphatic heterocycles. The van der Waals surface area contributed by atoms with Gasteiger partial charge in [-0.25, -0.2) is 8.42 Å². The summed E-state index contributed by atoms with van der Waals surface area (Å²) >= 11 is 0. The van der Waals surface area contributed by atoms with Gasteiger partial charge in [-0.05, 0) is 66.8 Å². The fraction of sp³-hybridized carbons (Fsp3) is 0.438. The Kier molecular flexibility index (Phi) is 8.27. The Morgan fingerprint density at radius 1 is 0.784 bits per heavy atom. The highest BCUT2D eigenvalue weighted by Gasteiger charge is 2.36. The third kappa shape index (κ3) is 6.70. The maximum Gasteiger partial charge on any atom is 0.158 e. The van der Waals surface area contributed by atoms with E-state index < -0.39 is 9.84 Å². The van der Waals surface area contributed by atoms with E-state index in [0.717, 1.165) is 23.1 Å². The van der Waals surface area contributed by atoms with Crippen LogP contribution in [0, 0.1) is 5.92 Å². The third-order valence-electron chi connectivity index (χ3n) is 7.22. The Hall–Kier alpha value is -2.47. The van der Waals surface area contributed by atoms with Crippen LogP contribution in [0.15, 0.2) is 78.9 Å². The second kappa shape index (κ2) is 11.1. The minimum absolute atomic E-state index is 0.0607. The van der Waals surface area contributed by atoms with Crippen LogP contribution >= 0.6 is 0 Å². The number of hydrogen-bond donors (Lipinski definition) is 0. The van der Waals surface area contributed by atoms with Crippen LogP contribution in [-0.4, -0.2) is 19.0 Å². The van der Waals surface area contributed by atoms with Crippen molar-refractivity contribution in [1.82, 2.24) is 5.06 Å². The monoisotopic (exact) mass is 519 g/mol. The molecule has 3 atom stereocenters. The van der Waals surface area contributed by atoms with E-state index in [2.05, 4.69) is 107 Å². The molecule has 0 fully saturated rings. The molecule has 1 aliphatic rings. The molecule has 4 rings (SSSR count). The van der Waals surface area contributed by atoms with Gasteiger partial charge in [0.2, 0.25) is 0 Å².